The first-order valence-corrected chi connectivity index (χ1v) is 5.77. The standard InChI is InChI=1S/C11H17NO4/c13-5-6-2-1-3-9(6)12-10(14)7-4-8(7)11(15)16/h6-9,13H,1-5H2,(H,12,14)(H,15,16). The first-order chi connectivity index (χ1) is 7.63. The number of amides is 1. The second kappa shape index (κ2) is 4.41. The number of aliphatic carboxylic acids is 1. The highest BCUT2D eigenvalue weighted by Crippen LogP contribution is 2.39. The molecule has 0 saturated heterocycles. The van der Waals surface area contributed by atoms with Crippen molar-refractivity contribution < 1.29 is 19.8 Å². The Bertz CT molecular complexity index is 304. The van der Waals surface area contributed by atoms with Crippen LogP contribution in [-0.2, 0) is 9.59 Å². The van der Waals surface area contributed by atoms with Crippen molar-refractivity contribution >= 4 is 11.9 Å². The van der Waals surface area contributed by atoms with Crippen LogP contribution in [0.1, 0.15) is 25.7 Å². The van der Waals surface area contributed by atoms with E-state index in [0.717, 1.165) is 19.3 Å². The number of carbonyl (C=O) groups excluding carboxylic acids is 1. The molecule has 2 saturated carbocycles. The van der Waals surface area contributed by atoms with Gasteiger partial charge >= 0.3 is 5.97 Å². The Morgan fingerprint density at radius 3 is 2.56 bits per heavy atom. The number of hydrogen-bond acceptors (Lipinski definition) is 3. The molecule has 0 aliphatic heterocycles. The first-order valence-electron chi connectivity index (χ1n) is 5.77. The maximum absolute atomic E-state index is 11.7. The van der Waals surface area contributed by atoms with Gasteiger partial charge < -0.3 is 15.5 Å². The quantitative estimate of drug-likeness (QED) is 0.630. The molecule has 0 heterocycles. The Hall–Kier alpha value is -1.10. The Morgan fingerprint density at radius 2 is 2.00 bits per heavy atom. The van der Waals surface area contributed by atoms with Crippen molar-refractivity contribution in [2.45, 2.75) is 31.7 Å². The van der Waals surface area contributed by atoms with Gasteiger partial charge in [0.1, 0.15) is 0 Å². The van der Waals surface area contributed by atoms with E-state index < -0.39 is 11.9 Å². The molecule has 5 nitrogen and oxygen atoms in total. The Balaban J connectivity index is 1.82. The fraction of sp³-hybridized carbons (Fsp3) is 0.818. The van der Waals surface area contributed by atoms with Gasteiger partial charge in [0, 0.05) is 18.6 Å². The van der Waals surface area contributed by atoms with Crippen LogP contribution in [0.25, 0.3) is 0 Å². The second-order valence-electron chi connectivity index (χ2n) is 4.78. The Labute approximate surface area is 93.8 Å². The topological polar surface area (TPSA) is 86.6 Å². The predicted octanol–water partition coefficient (Wildman–Crippen LogP) is -0.0157. The smallest absolute Gasteiger partial charge is 0.307 e. The molecule has 2 aliphatic carbocycles. The normalized spacial score (nSPS) is 37.1. The average molecular weight is 227 g/mol. The van der Waals surface area contributed by atoms with Crippen molar-refractivity contribution in [3.8, 4) is 0 Å². The van der Waals surface area contributed by atoms with Gasteiger partial charge in [-0.15, -0.1) is 0 Å². The van der Waals surface area contributed by atoms with Crippen LogP contribution in [0.5, 0.6) is 0 Å². The lowest BCUT2D eigenvalue weighted by atomic mass is 10.0. The Morgan fingerprint density at radius 1 is 1.25 bits per heavy atom. The summed E-state index contributed by atoms with van der Waals surface area (Å²) < 4.78 is 0. The summed E-state index contributed by atoms with van der Waals surface area (Å²) in [6, 6.07) is 0.0348. The largest absolute Gasteiger partial charge is 0.481 e. The molecule has 0 aromatic rings. The Kier molecular flexibility index (Phi) is 3.14. The van der Waals surface area contributed by atoms with Gasteiger partial charge in [0.15, 0.2) is 0 Å². The summed E-state index contributed by atoms with van der Waals surface area (Å²) in [7, 11) is 0. The highest BCUT2D eigenvalue weighted by Gasteiger charge is 2.49. The lowest BCUT2D eigenvalue weighted by Gasteiger charge is -2.18. The highest BCUT2D eigenvalue weighted by atomic mass is 16.4. The summed E-state index contributed by atoms with van der Waals surface area (Å²) in [5, 5.41) is 20.7. The minimum atomic E-state index is -0.884. The fourth-order valence-electron chi connectivity index (χ4n) is 2.49. The molecule has 0 aromatic heterocycles. The van der Waals surface area contributed by atoms with Crippen LogP contribution in [-0.4, -0.2) is 34.7 Å². The third-order valence-electron chi connectivity index (χ3n) is 3.67. The summed E-state index contributed by atoms with van der Waals surface area (Å²) >= 11 is 0. The van der Waals surface area contributed by atoms with E-state index in [1.807, 2.05) is 0 Å². The van der Waals surface area contributed by atoms with Gasteiger partial charge in [-0.25, -0.2) is 0 Å². The van der Waals surface area contributed by atoms with E-state index in [1.54, 1.807) is 0 Å². The molecule has 90 valence electrons. The van der Waals surface area contributed by atoms with Gasteiger partial charge in [-0.05, 0) is 19.3 Å². The van der Waals surface area contributed by atoms with E-state index >= 15 is 0 Å². The molecule has 16 heavy (non-hydrogen) atoms. The second-order valence-corrected chi connectivity index (χ2v) is 4.78. The summed E-state index contributed by atoms with van der Waals surface area (Å²) in [6.45, 7) is 0.0952. The summed E-state index contributed by atoms with van der Waals surface area (Å²) in [5.41, 5.74) is 0. The van der Waals surface area contributed by atoms with Crippen LogP contribution < -0.4 is 5.32 Å². The molecule has 0 aromatic carbocycles. The zero-order valence-electron chi connectivity index (χ0n) is 9.06. The van der Waals surface area contributed by atoms with Gasteiger partial charge in [0.2, 0.25) is 5.91 Å². The SMILES string of the molecule is O=C(O)C1CC1C(=O)NC1CCCC1CO. The third-order valence-corrected chi connectivity index (χ3v) is 3.67. The fourth-order valence-corrected chi connectivity index (χ4v) is 2.49. The molecule has 4 unspecified atom stereocenters. The van der Waals surface area contributed by atoms with Gasteiger partial charge in [0.25, 0.3) is 0 Å². The average Bonchev–Trinajstić information content (AvgIpc) is 2.94. The number of aliphatic hydroxyl groups excluding tert-OH is 1. The van der Waals surface area contributed by atoms with Crippen molar-refractivity contribution in [3.63, 3.8) is 0 Å². The predicted molar refractivity (Wildman–Crippen MR) is 55.6 cm³/mol. The van der Waals surface area contributed by atoms with Gasteiger partial charge in [-0.1, -0.05) is 6.42 Å². The maximum Gasteiger partial charge on any atom is 0.307 e. The van der Waals surface area contributed by atoms with Gasteiger partial charge in [0.05, 0.1) is 11.8 Å². The molecule has 1 amide bonds. The molecule has 5 heteroatoms. The minimum absolute atomic E-state index is 0.0348. The van der Waals surface area contributed by atoms with E-state index in [-0.39, 0.29) is 30.4 Å². The van der Waals surface area contributed by atoms with E-state index in [4.69, 9.17) is 10.2 Å². The van der Waals surface area contributed by atoms with Crippen LogP contribution in [0.4, 0.5) is 0 Å². The first kappa shape index (κ1) is 11.4. The zero-order valence-corrected chi connectivity index (χ0v) is 9.06. The van der Waals surface area contributed by atoms with Gasteiger partial charge in [-0.3, -0.25) is 9.59 Å². The molecule has 2 fully saturated rings. The molecular weight excluding hydrogens is 210 g/mol. The number of carbonyl (C=O) groups is 2. The van der Waals surface area contributed by atoms with E-state index in [9.17, 15) is 9.59 Å². The lowest BCUT2D eigenvalue weighted by molar-refractivity contribution is -0.140. The number of carboxylic acid groups (broad SMARTS) is 1. The molecule has 0 radical (unpaired) electrons. The highest BCUT2D eigenvalue weighted by molar-refractivity contribution is 5.89. The molecule has 4 atom stereocenters. The van der Waals surface area contributed by atoms with Crippen molar-refractivity contribution in [3.05, 3.63) is 0 Å². The van der Waals surface area contributed by atoms with Crippen molar-refractivity contribution in [2.75, 3.05) is 6.61 Å². The molecule has 2 aliphatic rings. The van der Waals surface area contributed by atoms with Gasteiger partial charge in [-0.2, -0.15) is 0 Å². The number of hydrogen-bond donors (Lipinski definition) is 3. The van der Waals surface area contributed by atoms with Crippen molar-refractivity contribution in [2.24, 2.45) is 17.8 Å². The summed E-state index contributed by atoms with van der Waals surface area (Å²) in [5.74, 6) is -1.74. The monoisotopic (exact) mass is 227 g/mol. The number of carboxylic acids is 1. The summed E-state index contributed by atoms with van der Waals surface area (Å²) in [4.78, 5) is 22.3. The van der Waals surface area contributed by atoms with Crippen LogP contribution in [0.2, 0.25) is 0 Å². The molecular formula is C11H17NO4. The number of aliphatic hydroxyl groups is 1. The molecule has 0 bridgehead atoms. The van der Waals surface area contributed by atoms with Crippen LogP contribution >= 0.6 is 0 Å². The lowest BCUT2D eigenvalue weighted by Crippen LogP contribution is -2.39. The number of nitrogens with one attached hydrogen (secondary N) is 1. The minimum Gasteiger partial charge on any atom is -0.481 e. The number of rotatable bonds is 4. The van der Waals surface area contributed by atoms with E-state index in [1.165, 1.54) is 0 Å². The zero-order chi connectivity index (χ0) is 11.7. The van der Waals surface area contributed by atoms with E-state index in [0.29, 0.717) is 6.42 Å². The maximum atomic E-state index is 11.7. The molecule has 0 spiro atoms. The van der Waals surface area contributed by atoms with Crippen LogP contribution in [0.3, 0.4) is 0 Å². The third kappa shape index (κ3) is 2.19. The van der Waals surface area contributed by atoms with Crippen molar-refractivity contribution in [1.82, 2.24) is 5.32 Å². The summed E-state index contributed by atoms with van der Waals surface area (Å²) in [6.07, 6.45) is 3.30. The molecule has 3 N–H and O–H groups in total. The van der Waals surface area contributed by atoms with E-state index in [2.05, 4.69) is 5.32 Å². The van der Waals surface area contributed by atoms with Crippen LogP contribution in [0.15, 0.2) is 0 Å². The van der Waals surface area contributed by atoms with Crippen molar-refractivity contribution in [1.29, 1.82) is 0 Å². The molecule has 2 rings (SSSR count). The van der Waals surface area contributed by atoms with Crippen LogP contribution in [0, 0.1) is 17.8 Å².